The number of ether oxygens (including phenoxy) is 2. The van der Waals surface area contributed by atoms with Gasteiger partial charge < -0.3 is 9.47 Å². The van der Waals surface area contributed by atoms with Gasteiger partial charge in [-0.05, 0) is 74.6 Å². The lowest BCUT2D eigenvalue weighted by molar-refractivity contribution is -0.140. The molecule has 0 saturated heterocycles. The molecule has 0 aliphatic heterocycles. The van der Waals surface area contributed by atoms with Gasteiger partial charge in [0.25, 0.3) is 0 Å². The molecule has 2 aliphatic rings. The number of benzene rings is 2. The molecule has 2 aromatic carbocycles. The van der Waals surface area contributed by atoms with E-state index in [0.29, 0.717) is 18.3 Å². The second-order valence-electron chi connectivity index (χ2n) is 8.97. The molecule has 0 bridgehead atoms. The third-order valence-corrected chi connectivity index (χ3v) is 7.21. The molecule has 0 amide bonds. The molecule has 0 aromatic heterocycles. The maximum atomic E-state index is 14.8. The quantitative estimate of drug-likeness (QED) is 0.250. The van der Waals surface area contributed by atoms with Gasteiger partial charge in [0.05, 0.1) is 12.5 Å². The summed E-state index contributed by atoms with van der Waals surface area (Å²) in [6.07, 6.45) is 5.94. The number of halogens is 4. The Labute approximate surface area is 191 Å². The molecule has 4 rings (SSSR count). The smallest absolute Gasteiger partial charge is 0.314 e. The molecule has 2 saturated carbocycles. The first kappa shape index (κ1) is 23.6. The Kier molecular flexibility index (Phi) is 6.96. The molecule has 0 N–H and O–H groups in total. The fourth-order valence-corrected chi connectivity index (χ4v) is 5.75. The number of carbonyl (C=O) groups is 1. The first-order valence-electron chi connectivity index (χ1n) is 11.7. The molecule has 2 aliphatic carbocycles. The van der Waals surface area contributed by atoms with Crippen molar-refractivity contribution < 1.29 is 31.8 Å². The fourth-order valence-electron chi connectivity index (χ4n) is 5.75. The van der Waals surface area contributed by atoms with Crippen LogP contribution in [0.1, 0.15) is 52.4 Å². The van der Waals surface area contributed by atoms with Crippen LogP contribution >= 0.6 is 0 Å². The van der Waals surface area contributed by atoms with E-state index in [4.69, 9.17) is 9.47 Å². The second-order valence-corrected chi connectivity index (χ2v) is 8.97. The van der Waals surface area contributed by atoms with Crippen molar-refractivity contribution in [2.45, 2.75) is 52.4 Å². The minimum Gasteiger partial charge on any atom is -0.491 e. The Morgan fingerprint density at radius 2 is 1.42 bits per heavy atom. The molecule has 178 valence electrons. The van der Waals surface area contributed by atoms with Gasteiger partial charge in [-0.25, -0.2) is 8.78 Å². The molecule has 4 atom stereocenters. The highest BCUT2D eigenvalue weighted by molar-refractivity contribution is 5.76. The Balaban J connectivity index is 1.53. The van der Waals surface area contributed by atoms with Crippen LogP contribution in [0.4, 0.5) is 17.6 Å². The predicted molar refractivity (Wildman–Crippen MR) is 116 cm³/mol. The van der Waals surface area contributed by atoms with E-state index in [1.807, 2.05) is 0 Å². The molecular weight excluding hydrogens is 436 g/mol. The van der Waals surface area contributed by atoms with Crippen molar-refractivity contribution in [2.24, 2.45) is 23.7 Å². The average molecular weight is 464 g/mol. The van der Waals surface area contributed by atoms with Crippen LogP contribution in [0.3, 0.4) is 0 Å². The van der Waals surface area contributed by atoms with Gasteiger partial charge in [-0.3, -0.25) is 4.79 Å². The van der Waals surface area contributed by atoms with E-state index in [2.05, 4.69) is 6.92 Å². The Bertz CT molecular complexity index is 1040. The van der Waals surface area contributed by atoms with Crippen molar-refractivity contribution in [3.63, 3.8) is 0 Å². The summed E-state index contributed by atoms with van der Waals surface area (Å²) in [5.41, 5.74) is -0.914. The lowest BCUT2D eigenvalue weighted by atomic mass is 9.87. The molecule has 0 radical (unpaired) electrons. The lowest BCUT2D eigenvalue weighted by Gasteiger charge is -2.20. The van der Waals surface area contributed by atoms with Gasteiger partial charge in [-0.15, -0.1) is 0 Å². The Morgan fingerprint density at radius 3 is 2.06 bits per heavy atom. The van der Waals surface area contributed by atoms with Crippen molar-refractivity contribution in [1.82, 2.24) is 0 Å². The van der Waals surface area contributed by atoms with E-state index < -0.39 is 46.1 Å². The minimum absolute atomic E-state index is 0.126. The third kappa shape index (κ3) is 4.34. The molecule has 3 nitrogen and oxygen atoms in total. The summed E-state index contributed by atoms with van der Waals surface area (Å²) in [5.74, 6) is -5.83. The van der Waals surface area contributed by atoms with Crippen LogP contribution in [0.15, 0.2) is 24.3 Å². The summed E-state index contributed by atoms with van der Waals surface area (Å²) in [6.45, 7) is 3.89. The monoisotopic (exact) mass is 464 g/mol. The lowest BCUT2D eigenvalue weighted by Crippen LogP contribution is -2.25. The molecule has 0 heterocycles. The zero-order valence-electron chi connectivity index (χ0n) is 18.8. The number of rotatable bonds is 7. The molecule has 7 heteroatoms. The van der Waals surface area contributed by atoms with Crippen LogP contribution in [-0.4, -0.2) is 12.6 Å². The van der Waals surface area contributed by atoms with Crippen molar-refractivity contribution in [3.8, 4) is 22.6 Å². The summed E-state index contributed by atoms with van der Waals surface area (Å²) < 4.78 is 68.5. The molecular formula is C26H28F4O3. The number of hydrogen-bond donors (Lipinski definition) is 0. The van der Waals surface area contributed by atoms with Crippen molar-refractivity contribution in [2.75, 3.05) is 6.61 Å². The summed E-state index contributed by atoms with van der Waals surface area (Å²) in [6, 6.07) is 4.45. The van der Waals surface area contributed by atoms with E-state index in [0.717, 1.165) is 56.4 Å². The van der Waals surface area contributed by atoms with Crippen LogP contribution in [-0.2, 0) is 4.79 Å². The average Bonchev–Trinajstić information content (AvgIpc) is 3.39. The zero-order valence-corrected chi connectivity index (χ0v) is 18.8. The first-order chi connectivity index (χ1) is 15.9. The van der Waals surface area contributed by atoms with Gasteiger partial charge in [0.15, 0.2) is 23.1 Å². The van der Waals surface area contributed by atoms with Crippen LogP contribution in [0.2, 0.25) is 0 Å². The number of esters is 1. The number of carbonyl (C=O) groups excluding carboxylic acids is 1. The Hall–Kier alpha value is -2.57. The van der Waals surface area contributed by atoms with Gasteiger partial charge in [0.1, 0.15) is 0 Å². The Morgan fingerprint density at radius 1 is 0.818 bits per heavy atom. The van der Waals surface area contributed by atoms with E-state index in [1.165, 1.54) is 0 Å². The molecule has 2 fully saturated rings. The summed E-state index contributed by atoms with van der Waals surface area (Å²) in [4.78, 5) is 12.8. The van der Waals surface area contributed by atoms with Crippen molar-refractivity contribution in [3.05, 3.63) is 47.5 Å². The highest BCUT2D eigenvalue weighted by Gasteiger charge is 2.47. The van der Waals surface area contributed by atoms with Crippen LogP contribution in [0.5, 0.6) is 11.5 Å². The predicted octanol–water partition coefficient (Wildman–Crippen LogP) is 7.07. The van der Waals surface area contributed by atoms with Gasteiger partial charge >= 0.3 is 5.97 Å². The minimum atomic E-state index is -1.41. The van der Waals surface area contributed by atoms with Gasteiger partial charge in [0, 0.05) is 11.1 Å². The zero-order chi connectivity index (χ0) is 23.7. The van der Waals surface area contributed by atoms with E-state index in [-0.39, 0.29) is 24.2 Å². The van der Waals surface area contributed by atoms with Gasteiger partial charge in [-0.1, -0.05) is 19.8 Å². The largest absolute Gasteiger partial charge is 0.491 e. The van der Waals surface area contributed by atoms with Gasteiger partial charge in [0.2, 0.25) is 11.6 Å². The van der Waals surface area contributed by atoms with Crippen molar-refractivity contribution >= 4 is 5.97 Å². The topological polar surface area (TPSA) is 35.5 Å². The first-order valence-corrected chi connectivity index (χ1v) is 11.7. The molecule has 0 spiro atoms. The van der Waals surface area contributed by atoms with E-state index >= 15 is 0 Å². The number of fused-ring (bicyclic) bond motifs is 1. The normalized spacial score (nSPS) is 24.1. The summed E-state index contributed by atoms with van der Waals surface area (Å²) >= 11 is 0. The SMILES string of the molecule is CCCC1CCC2C(C(=O)Oc3ccc(-c4ccc(OCC)c(F)c4F)c(F)c3F)CCC12. The van der Waals surface area contributed by atoms with Crippen LogP contribution < -0.4 is 9.47 Å². The second kappa shape index (κ2) is 9.74. The van der Waals surface area contributed by atoms with Crippen LogP contribution in [0.25, 0.3) is 11.1 Å². The maximum absolute atomic E-state index is 14.8. The summed E-state index contributed by atoms with van der Waals surface area (Å²) in [5, 5.41) is 0. The van der Waals surface area contributed by atoms with Gasteiger partial charge in [-0.2, -0.15) is 8.78 Å². The van der Waals surface area contributed by atoms with E-state index in [1.54, 1.807) is 6.92 Å². The van der Waals surface area contributed by atoms with Crippen molar-refractivity contribution in [1.29, 1.82) is 0 Å². The highest BCUT2D eigenvalue weighted by Crippen LogP contribution is 2.52. The molecule has 4 unspecified atom stereocenters. The molecule has 33 heavy (non-hydrogen) atoms. The fraction of sp³-hybridized carbons (Fsp3) is 0.500. The third-order valence-electron chi connectivity index (χ3n) is 7.21. The number of hydrogen-bond acceptors (Lipinski definition) is 3. The van der Waals surface area contributed by atoms with Crippen LogP contribution in [0, 0.1) is 46.9 Å². The summed E-state index contributed by atoms with van der Waals surface area (Å²) in [7, 11) is 0. The highest BCUT2D eigenvalue weighted by atomic mass is 19.2. The van der Waals surface area contributed by atoms with E-state index in [9.17, 15) is 22.4 Å². The molecule has 2 aromatic rings. The standard InChI is InChI=1S/C26H28F4O3/c1-3-5-14-6-7-16-15(14)8-9-19(16)26(31)33-21-13-11-18(23(28)25(21)30)17-10-12-20(32-4-2)24(29)22(17)27/h10-16,19H,3-9H2,1-2H3. The maximum Gasteiger partial charge on any atom is 0.314 e.